The van der Waals surface area contributed by atoms with Gasteiger partial charge in [0.2, 0.25) is 0 Å². The molecule has 0 aromatic heterocycles. The summed E-state index contributed by atoms with van der Waals surface area (Å²) in [5, 5.41) is 44.7. The maximum absolute atomic E-state index is 15.6. The number of alkyl halides is 1. The number of benzene rings is 1. The lowest BCUT2D eigenvalue weighted by molar-refractivity contribution is -0.204. The molecule has 1 fully saturated rings. The topological polar surface area (TPSA) is 164 Å². The standard InChI is InChI=1S/C31H46FNO10/c1-14(2)9-22(40-7)27(37)28(38)33-29(41-8)23-13-24(32)31(5,6)25(42-23)12-19(35)16(4)21-10-17-15(3)18(34)11-20(36)26(17)30(39)43-21/h11,16,19,21-25,27,29,34-37H,1,9-10,12-13H2,2-8H3,(H,33,38)/t16-,19+,21-,22+,23+,24+,25-,27+,29+/m1/s1. The molecule has 43 heavy (non-hydrogen) atoms. The van der Waals surface area contributed by atoms with E-state index in [-0.39, 0.29) is 42.7 Å². The third kappa shape index (κ3) is 7.49. The minimum atomic E-state index is -1.53. The lowest BCUT2D eigenvalue weighted by Gasteiger charge is -2.47. The number of ether oxygens (including phenoxy) is 4. The average molecular weight is 612 g/mol. The average Bonchev–Trinajstić information content (AvgIpc) is 2.94. The van der Waals surface area contributed by atoms with Crippen molar-refractivity contribution in [3.05, 3.63) is 34.9 Å². The zero-order valence-corrected chi connectivity index (χ0v) is 25.9. The van der Waals surface area contributed by atoms with Gasteiger partial charge >= 0.3 is 5.97 Å². The minimum Gasteiger partial charge on any atom is -0.508 e. The van der Waals surface area contributed by atoms with E-state index in [1.807, 2.05) is 0 Å². The number of halogens is 1. The highest BCUT2D eigenvalue weighted by Gasteiger charge is 2.49. The summed E-state index contributed by atoms with van der Waals surface area (Å²) in [4.78, 5) is 25.6. The highest BCUT2D eigenvalue weighted by molar-refractivity contribution is 5.96. The van der Waals surface area contributed by atoms with Crippen molar-refractivity contribution in [2.75, 3.05) is 14.2 Å². The molecule has 0 unspecified atom stereocenters. The number of aliphatic hydroxyl groups excluding tert-OH is 2. The maximum Gasteiger partial charge on any atom is 0.342 e. The maximum atomic E-state index is 15.6. The van der Waals surface area contributed by atoms with Gasteiger partial charge in [-0.15, -0.1) is 6.58 Å². The number of cyclic esters (lactones) is 1. The van der Waals surface area contributed by atoms with Crippen LogP contribution < -0.4 is 5.32 Å². The largest absolute Gasteiger partial charge is 0.508 e. The number of aromatic hydroxyl groups is 2. The summed E-state index contributed by atoms with van der Waals surface area (Å²) >= 11 is 0. The second-order valence-corrected chi connectivity index (χ2v) is 12.4. The van der Waals surface area contributed by atoms with Gasteiger partial charge in [-0.1, -0.05) is 26.3 Å². The summed E-state index contributed by atoms with van der Waals surface area (Å²) in [6.45, 7) is 12.2. The van der Waals surface area contributed by atoms with Crippen LogP contribution in [0.3, 0.4) is 0 Å². The van der Waals surface area contributed by atoms with Gasteiger partial charge in [-0.05, 0) is 31.4 Å². The first-order valence-electron chi connectivity index (χ1n) is 14.4. The molecule has 5 N–H and O–H groups in total. The van der Waals surface area contributed by atoms with E-state index >= 15 is 4.39 Å². The van der Waals surface area contributed by atoms with E-state index in [0.29, 0.717) is 11.1 Å². The van der Waals surface area contributed by atoms with Crippen molar-refractivity contribution in [3.63, 3.8) is 0 Å². The lowest BCUT2D eigenvalue weighted by atomic mass is 9.73. The molecule has 242 valence electrons. The molecule has 1 aromatic rings. The summed E-state index contributed by atoms with van der Waals surface area (Å²) in [5.74, 6) is -2.69. The van der Waals surface area contributed by atoms with Crippen molar-refractivity contribution in [2.24, 2.45) is 11.3 Å². The highest BCUT2D eigenvalue weighted by Crippen LogP contribution is 2.43. The molecule has 0 radical (unpaired) electrons. The normalized spacial score (nSPS) is 26.8. The van der Waals surface area contributed by atoms with Crippen molar-refractivity contribution in [3.8, 4) is 11.5 Å². The smallest absolute Gasteiger partial charge is 0.342 e. The zero-order valence-electron chi connectivity index (χ0n) is 25.9. The summed E-state index contributed by atoms with van der Waals surface area (Å²) in [6.07, 6.45) is -8.21. The van der Waals surface area contributed by atoms with Crippen LogP contribution in [0.25, 0.3) is 0 Å². The van der Waals surface area contributed by atoms with Gasteiger partial charge in [-0.2, -0.15) is 0 Å². The number of carbonyl (C=O) groups excluding carboxylic acids is 2. The summed E-state index contributed by atoms with van der Waals surface area (Å²) in [7, 11) is 2.70. The molecular weight excluding hydrogens is 565 g/mol. The third-order valence-corrected chi connectivity index (χ3v) is 8.95. The number of nitrogens with one attached hydrogen (secondary N) is 1. The van der Waals surface area contributed by atoms with Crippen LogP contribution in [0.5, 0.6) is 11.5 Å². The molecule has 2 heterocycles. The molecule has 0 bridgehead atoms. The Morgan fingerprint density at radius 3 is 2.44 bits per heavy atom. The number of phenolic OH excluding ortho intramolecular Hbond substituents is 2. The molecule has 3 rings (SSSR count). The first-order valence-corrected chi connectivity index (χ1v) is 14.4. The molecule has 1 saturated heterocycles. The quantitative estimate of drug-likeness (QED) is 0.135. The number of fused-ring (bicyclic) bond motifs is 1. The van der Waals surface area contributed by atoms with Crippen LogP contribution in [0.1, 0.15) is 68.4 Å². The van der Waals surface area contributed by atoms with Gasteiger partial charge in [-0.3, -0.25) is 4.79 Å². The molecule has 1 aromatic carbocycles. The molecular formula is C31H46FNO10. The number of amides is 1. The fourth-order valence-electron chi connectivity index (χ4n) is 5.77. The molecule has 9 atom stereocenters. The Bertz CT molecular complexity index is 1190. The Labute approximate surface area is 252 Å². The number of aliphatic hydroxyl groups is 2. The Kier molecular flexibility index (Phi) is 11.2. The molecule has 0 aliphatic carbocycles. The van der Waals surface area contributed by atoms with Crippen LogP contribution in [0.15, 0.2) is 18.2 Å². The zero-order chi connectivity index (χ0) is 32.4. The van der Waals surface area contributed by atoms with E-state index in [1.54, 1.807) is 34.6 Å². The Hall–Kier alpha value is -2.77. The Balaban J connectivity index is 1.73. The van der Waals surface area contributed by atoms with Crippen LogP contribution >= 0.6 is 0 Å². The van der Waals surface area contributed by atoms with E-state index in [1.165, 1.54) is 14.2 Å². The van der Waals surface area contributed by atoms with Gasteiger partial charge in [0.05, 0.1) is 18.3 Å². The van der Waals surface area contributed by atoms with E-state index in [2.05, 4.69) is 11.9 Å². The molecule has 2 aliphatic heterocycles. The molecule has 1 amide bonds. The number of rotatable bonds is 12. The van der Waals surface area contributed by atoms with Gasteiger partial charge in [0.15, 0.2) is 12.3 Å². The summed E-state index contributed by atoms with van der Waals surface area (Å²) < 4.78 is 38.1. The first kappa shape index (κ1) is 34.7. The van der Waals surface area contributed by atoms with Crippen LogP contribution in [0, 0.1) is 18.3 Å². The number of methoxy groups -OCH3 is 2. The van der Waals surface area contributed by atoms with Crippen LogP contribution in [-0.2, 0) is 30.2 Å². The van der Waals surface area contributed by atoms with Crippen molar-refractivity contribution in [1.29, 1.82) is 0 Å². The molecule has 2 aliphatic rings. The molecule has 12 heteroatoms. The van der Waals surface area contributed by atoms with Crippen molar-refractivity contribution in [1.82, 2.24) is 5.32 Å². The fourth-order valence-corrected chi connectivity index (χ4v) is 5.77. The number of carbonyl (C=O) groups is 2. The molecule has 0 spiro atoms. The SMILES string of the molecule is C=C(C)C[C@H](OC)[C@H](O)C(=O)N[C@@H](OC)[C@@H]1C[C@H](F)C(C)(C)[C@@H](C[C@H](O)[C@@H](C)[C@H]2Cc3c(C)c(O)cc(O)c3C(=O)O2)O1. The third-order valence-electron chi connectivity index (χ3n) is 8.95. The van der Waals surface area contributed by atoms with Crippen LogP contribution in [-0.4, -0.2) is 95.5 Å². The van der Waals surface area contributed by atoms with Gasteiger partial charge in [0.25, 0.3) is 5.91 Å². The van der Waals surface area contributed by atoms with Crippen molar-refractivity contribution < 1.29 is 53.4 Å². The predicted molar refractivity (Wildman–Crippen MR) is 154 cm³/mol. The fraction of sp³-hybridized carbons (Fsp3) is 0.677. The monoisotopic (exact) mass is 611 g/mol. The number of esters is 1. The van der Waals surface area contributed by atoms with Gasteiger partial charge in [-0.25, -0.2) is 9.18 Å². The first-order chi connectivity index (χ1) is 20.0. The lowest BCUT2D eigenvalue weighted by Crippen LogP contribution is -2.58. The number of phenols is 2. The molecule has 11 nitrogen and oxygen atoms in total. The predicted octanol–water partition coefficient (Wildman–Crippen LogP) is 2.83. The van der Waals surface area contributed by atoms with Crippen LogP contribution in [0.4, 0.5) is 4.39 Å². The number of hydrogen-bond acceptors (Lipinski definition) is 10. The van der Waals surface area contributed by atoms with Crippen LogP contribution in [0.2, 0.25) is 0 Å². The van der Waals surface area contributed by atoms with E-state index in [0.717, 1.165) is 11.6 Å². The second-order valence-electron chi connectivity index (χ2n) is 12.4. The molecule has 0 saturated carbocycles. The second kappa shape index (κ2) is 13.9. The van der Waals surface area contributed by atoms with Gasteiger partial charge in [0.1, 0.15) is 35.4 Å². The highest BCUT2D eigenvalue weighted by atomic mass is 19.1. The van der Waals surface area contributed by atoms with Crippen molar-refractivity contribution >= 4 is 11.9 Å². The van der Waals surface area contributed by atoms with E-state index in [4.69, 9.17) is 18.9 Å². The van der Waals surface area contributed by atoms with Gasteiger partial charge < -0.3 is 44.7 Å². The van der Waals surface area contributed by atoms with Gasteiger partial charge in [0, 0.05) is 50.9 Å². The minimum absolute atomic E-state index is 0.0117. The Morgan fingerprint density at radius 1 is 1.21 bits per heavy atom. The summed E-state index contributed by atoms with van der Waals surface area (Å²) in [5.41, 5.74) is 0.559. The van der Waals surface area contributed by atoms with E-state index < -0.39 is 72.2 Å². The van der Waals surface area contributed by atoms with E-state index in [9.17, 15) is 30.0 Å². The Morgan fingerprint density at radius 2 is 1.86 bits per heavy atom. The van der Waals surface area contributed by atoms with Crippen molar-refractivity contribution in [2.45, 2.75) is 109 Å². The number of hydrogen-bond donors (Lipinski definition) is 5. The summed E-state index contributed by atoms with van der Waals surface area (Å²) in [6, 6.07) is 1.09.